The first-order valence-electron chi connectivity index (χ1n) is 6.64. The number of carbonyl (C=O) groups is 1. The van der Waals surface area contributed by atoms with E-state index in [1.54, 1.807) is 11.3 Å². The molecular weight excluding hydrogens is 270 g/mol. The lowest BCUT2D eigenvalue weighted by Crippen LogP contribution is -2.40. The molecule has 2 amide bonds. The second-order valence-corrected chi connectivity index (χ2v) is 5.82. The first kappa shape index (κ1) is 14.5. The average Bonchev–Trinajstić information content (AvgIpc) is 2.88. The molecule has 0 radical (unpaired) electrons. The maximum Gasteiger partial charge on any atom is 0.315 e. The van der Waals surface area contributed by atoms with Crippen LogP contribution in [-0.2, 0) is 0 Å². The number of hydrogen-bond acceptors (Lipinski definition) is 3. The van der Waals surface area contributed by atoms with E-state index in [1.165, 1.54) is 0 Å². The zero-order chi connectivity index (χ0) is 14.5. The lowest BCUT2D eigenvalue weighted by atomic mass is 10.2. The van der Waals surface area contributed by atoms with E-state index in [0.717, 1.165) is 16.3 Å². The first-order valence-corrected chi connectivity index (χ1v) is 7.52. The van der Waals surface area contributed by atoms with Crippen molar-refractivity contribution in [2.24, 2.45) is 0 Å². The summed E-state index contributed by atoms with van der Waals surface area (Å²) in [7, 11) is 0. The number of thiazole rings is 1. The maximum absolute atomic E-state index is 11.7. The molecule has 2 rings (SSSR count). The molecule has 0 bridgehead atoms. The minimum atomic E-state index is -0.163. The summed E-state index contributed by atoms with van der Waals surface area (Å²) in [6.07, 6.45) is 0. The first-order chi connectivity index (χ1) is 9.56. The predicted molar refractivity (Wildman–Crippen MR) is 82.8 cm³/mol. The summed E-state index contributed by atoms with van der Waals surface area (Å²) >= 11 is 1.56. The minimum absolute atomic E-state index is 0.101. The summed E-state index contributed by atoms with van der Waals surface area (Å²) in [5, 5.41) is 8.62. The molecule has 4 nitrogen and oxygen atoms in total. The molecule has 0 fully saturated rings. The molecule has 106 valence electrons. The molecule has 0 unspecified atom stereocenters. The smallest absolute Gasteiger partial charge is 0.315 e. The number of nitrogens with zero attached hydrogens (tertiary/aromatic N) is 1. The summed E-state index contributed by atoms with van der Waals surface area (Å²) in [6, 6.07) is 9.89. The van der Waals surface area contributed by atoms with E-state index in [1.807, 2.05) is 56.5 Å². The van der Waals surface area contributed by atoms with Gasteiger partial charge in [0.05, 0.1) is 11.7 Å². The Kier molecular flexibility index (Phi) is 4.74. The van der Waals surface area contributed by atoms with E-state index in [9.17, 15) is 4.79 Å². The number of amides is 2. The van der Waals surface area contributed by atoms with Gasteiger partial charge < -0.3 is 10.6 Å². The van der Waals surface area contributed by atoms with Crippen LogP contribution in [0.4, 0.5) is 4.79 Å². The van der Waals surface area contributed by atoms with Gasteiger partial charge in [0, 0.05) is 17.0 Å². The van der Waals surface area contributed by atoms with Gasteiger partial charge in [-0.3, -0.25) is 0 Å². The molecule has 0 aliphatic heterocycles. The monoisotopic (exact) mass is 289 g/mol. The Labute approximate surface area is 123 Å². The Morgan fingerprint density at radius 2 is 1.85 bits per heavy atom. The standard InChI is InChI=1S/C15H19N3OS/c1-10(2)16-15(19)17-11(3)14-18-13(9-20-14)12-7-5-4-6-8-12/h4-11H,1-3H3,(H2,16,17,19)/t11-/m1/s1. The van der Waals surface area contributed by atoms with Crippen LogP contribution in [0.1, 0.15) is 31.8 Å². The summed E-state index contributed by atoms with van der Waals surface area (Å²) < 4.78 is 0. The highest BCUT2D eigenvalue weighted by atomic mass is 32.1. The summed E-state index contributed by atoms with van der Waals surface area (Å²) in [4.78, 5) is 16.3. The molecule has 0 aliphatic carbocycles. The van der Waals surface area contributed by atoms with Crippen molar-refractivity contribution in [3.05, 3.63) is 40.7 Å². The van der Waals surface area contributed by atoms with Gasteiger partial charge in [-0.25, -0.2) is 9.78 Å². The van der Waals surface area contributed by atoms with E-state index in [0.29, 0.717) is 0 Å². The maximum atomic E-state index is 11.7. The van der Waals surface area contributed by atoms with E-state index >= 15 is 0 Å². The van der Waals surface area contributed by atoms with Gasteiger partial charge in [-0.1, -0.05) is 30.3 Å². The zero-order valence-electron chi connectivity index (χ0n) is 11.9. The summed E-state index contributed by atoms with van der Waals surface area (Å²) in [5.41, 5.74) is 2.04. The van der Waals surface area contributed by atoms with Gasteiger partial charge in [0.2, 0.25) is 0 Å². The molecule has 0 saturated carbocycles. The average molecular weight is 289 g/mol. The van der Waals surface area contributed by atoms with Gasteiger partial charge in [-0.15, -0.1) is 11.3 Å². The van der Waals surface area contributed by atoms with Crippen molar-refractivity contribution in [2.75, 3.05) is 0 Å². The van der Waals surface area contributed by atoms with Crippen LogP contribution in [-0.4, -0.2) is 17.1 Å². The van der Waals surface area contributed by atoms with Crippen molar-refractivity contribution < 1.29 is 4.79 Å². The molecule has 0 spiro atoms. The molecule has 20 heavy (non-hydrogen) atoms. The molecular formula is C15H19N3OS. The third kappa shape index (κ3) is 3.81. The van der Waals surface area contributed by atoms with Crippen LogP contribution < -0.4 is 10.6 Å². The van der Waals surface area contributed by atoms with Crippen LogP contribution in [0.15, 0.2) is 35.7 Å². The summed E-state index contributed by atoms with van der Waals surface area (Å²) in [5.74, 6) is 0. The highest BCUT2D eigenvalue weighted by Gasteiger charge is 2.14. The molecule has 2 aromatic rings. The van der Waals surface area contributed by atoms with E-state index in [4.69, 9.17) is 0 Å². The van der Waals surface area contributed by atoms with Gasteiger partial charge in [0.1, 0.15) is 5.01 Å². The van der Waals surface area contributed by atoms with Crippen molar-refractivity contribution in [2.45, 2.75) is 32.9 Å². The minimum Gasteiger partial charge on any atom is -0.336 e. The van der Waals surface area contributed by atoms with Gasteiger partial charge in [0.15, 0.2) is 0 Å². The number of urea groups is 1. The lowest BCUT2D eigenvalue weighted by molar-refractivity contribution is 0.235. The molecule has 1 aromatic heterocycles. The number of hydrogen-bond donors (Lipinski definition) is 2. The van der Waals surface area contributed by atoms with Gasteiger partial charge in [0.25, 0.3) is 0 Å². The Bertz CT molecular complexity index is 566. The molecule has 0 saturated heterocycles. The van der Waals surface area contributed by atoms with Gasteiger partial charge >= 0.3 is 6.03 Å². The third-order valence-electron chi connectivity index (χ3n) is 2.73. The van der Waals surface area contributed by atoms with Gasteiger partial charge in [-0.2, -0.15) is 0 Å². The fraction of sp³-hybridized carbons (Fsp3) is 0.333. The number of rotatable bonds is 4. The fourth-order valence-corrected chi connectivity index (χ4v) is 2.63. The second kappa shape index (κ2) is 6.52. The summed E-state index contributed by atoms with van der Waals surface area (Å²) in [6.45, 7) is 5.80. The predicted octanol–water partition coefficient (Wildman–Crippen LogP) is 3.58. The Morgan fingerprint density at radius 1 is 1.15 bits per heavy atom. The highest BCUT2D eigenvalue weighted by molar-refractivity contribution is 7.10. The fourth-order valence-electron chi connectivity index (χ4n) is 1.79. The Balaban J connectivity index is 2.03. The van der Waals surface area contributed by atoms with E-state index in [2.05, 4.69) is 15.6 Å². The second-order valence-electron chi connectivity index (χ2n) is 4.93. The normalized spacial score (nSPS) is 12.2. The quantitative estimate of drug-likeness (QED) is 0.904. The SMILES string of the molecule is CC(C)NC(=O)N[C@H](C)c1nc(-c2ccccc2)cs1. The molecule has 1 aromatic carbocycles. The number of carbonyl (C=O) groups excluding carboxylic acids is 1. The molecule has 2 N–H and O–H groups in total. The van der Waals surface area contributed by atoms with Crippen molar-refractivity contribution in [3.8, 4) is 11.3 Å². The zero-order valence-corrected chi connectivity index (χ0v) is 12.7. The van der Waals surface area contributed by atoms with E-state index < -0.39 is 0 Å². The van der Waals surface area contributed by atoms with E-state index in [-0.39, 0.29) is 18.1 Å². The third-order valence-corrected chi connectivity index (χ3v) is 3.76. The highest BCUT2D eigenvalue weighted by Crippen LogP contribution is 2.25. The van der Waals surface area contributed by atoms with Crippen LogP contribution >= 0.6 is 11.3 Å². The van der Waals surface area contributed by atoms with Crippen LogP contribution in [0.25, 0.3) is 11.3 Å². The number of nitrogens with one attached hydrogen (secondary N) is 2. The molecule has 0 aliphatic rings. The molecule has 1 heterocycles. The Hall–Kier alpha value is -1.88. The lowest BCUT2D eigenvalue weighted by Gasteiger charge is -2.14. The Morgan fingerprint density at radius 3 is 2.50 bits per heavy atom. The molecule has 1 atom stereocenters. The van der Waals surface area contributed by atoms with Crippen LogP contribution in [0, 0.1) is 0 Å². The van der Waals surface area contributed by atoms with Crippen LogP contribution in [0.2, 0.25) is 0 Å². The van der Waals surface area contributed by atoms with Gasteiger partial charge in [-0.05, 0) is 20.8 Å². The van der Waals surface area contributed by atoms with Crippen LogP contribution in [0.5, 0.6) is 0 Å². The topological polar surface area (TPSA) is 54.0 Å². The van der Waals surface area contributed by atoms with Crippen molar-refractivity contribution in [1.29, 1.82) is 0 Å². The van der Waals surface area contributed by atoms with Crippen LogP contribution in [0.3, 0.4) is 0 Å². The number of aromatic nitrogens is 1. The van der Waals surface area contributed by atoms with Crippen molar-refractivity contribution in [3.63, 3.8) is 0 Å². The number of benzene rings is 1. The largest absolute Gasteiger partial charge is 0.336 e. The van der Waals surface area contributed by atoms with Crippen molar-refractivity contribution in [1.82, 2.24) is 15.6 Å². The van der Waals surface area contributed by atoms with Crippen molar-refractivity contribution >= 4 is 17.4 Å². The molecule has 5 heteroatoms.